The van der Waals surface area contributed by atoms with Crippen molar-refractivity contribution in [2.75, 3.05) is 40.4 Å². The van der Waals surface area contributed by atoms with Crippen LogP contribution in [-0.4, -0.2) is 56.1 Å². The number of hydrogen-bond acceptors (Lipinski definition) is 5. The zero-order chi connectivity index (χ0) is 12.1. The summed E-state index contributed by atoms with van der Waals surface area (Å²) in [6, 6.07) is 1.12. The molecule has 0 aromatic rings. The van der Waals surface area contributed by atoms with Gasteiger partial charge in [0.05, 0.1) is 13.5 Å². The summed E-state index contributed by atoms with van der Waals surface area (Å²) in [6.45, 7) is 3.51. The average Bonchev–Trinajstić information content (AvgIpc) is 2.31. The van der Waals surface area contributed by atoms with Crippen LogP contribution in [0.15, 0.2) is 0 Å². The van der Waals surface area contributed by atoms with E-state index in [1.807, 2.05) is 0 Å². The molecule has 0 fully saturated rings. The van der Waals surface area contributed by atoms with E-state index in [1.165, 1.54) is 7.11 Å². The molecule has 0 heterocycles. The molecule has 0 bridgehead atoms. The fraction of sp³-hybridized carbons (Fsp3) is 0.900. The molecule has 0 atom stereocenters. The lowest BCUT2D eigenvalue weighted by Crippen LogP contribution is -2.29. The van der Waals surface area contributed by atoms with E-state index >= 15 is 0 Å². The fourth-order valence-electron chi connectivity index (χ4n) is 1.11. The second kappa shape index (κ2) is 12.6. The second-order valence-electron chi connectivity index (χ2n) is 3.28. The Balaban J connectivity index is 2.96. The van der Waals surface area contributed by atoms with Crippen molar-refractivity contribution in [2.24, 2.45) is 0 Å². The zero-order valence-electron chi connectivity index (χ0n) is 10.2. The first-order valence-corrected chi connectivity index (χ1v) is 6.67. The van der Waals surface area contributed by atoms with E-state index in [0.717, 1.165) is 32.1 Å². The summed E-state index contributed by atoms with van der Waals surface area (Å²) in [6.07, 6.45) is 1.58. The highest BCUT2D eigenvalue weighted by atomic mass is 28.2. The van der Waals surface area contributed by atoms with Crippen LogP contribution in [0.5, 0.6) is 0 Å². The molecule has 5 nitrogen and oxygen atoms in total. The Morgan fingerprint density at radius 3 is 2.44 bits per heavy atom. The van der Waals surface area contributed by atoms with Gasteiger partial charge < -0.3 is 19.8 Å². The van der Waals surface area contributed by atoms with Crippen LogP contribution in [0.25, 0.3) is 0 Å². The number of rotatable bonds is 11. The van der Waals surface area contributed by atoms with Crippen molar-refractivity contribution in [3.8, 4) is 0 Å². The SMILES string of the molecule is CO[Si]CCCNCCNCCC(=O)OC. The highest BCUT2D eigenvalue weighted by Gasteiger charge is 1.97. The van der Waals surface area contributed by atoms with Gasteiger partial charge in [0.1, 0.15) is 0 Å². The Kier molecular flexibility index (Phi) is 12.3. The third kappa shape index (κ3) is 11.6. The molecule has 0 aliphatic rings. The van der Waals surface area contributed by atoms with Crippen LogP contribution in [-0.2, 0) is 14.0 Å². The van der Waals surface area contributed by atoms with Crippen molar-refractivity contribution in [2.45, 2.75) is 18.9 Å². The molecule has 0 unspecified atom stereocenters. The lowest BCUT2D eigenvalue weighted by molar-refractivity contribution is -0.140. The quantitative estimate of drug-likeness (QED) is 0.300. The summed E-state index contributed by atoms with van der Waals surface area (Å²) < 4.78 is 9.51. The monoisotopic (exact) mass is 246 g/mol. The molecule has 2 radical (unpaired) electrons. The topological polar surface area (TPSA) is 59.6 Å². The first-order valence-electron chi connectivity index (χ1n) is 5.55. The minimum Gasteiger partial charge on any atom is -0.469 e. The minimum absolute atomic E-state index is 0.166. The van der Waals surface area contributed by atoms with E-state index in [4.69, 9.17) is 4.43 Å². The lowest BCUT2D eigenvalue weighted by Gasteiger charge is -2.05. The van der Waals surface area contributed by atoms with Crippen LogP contribution >= 0.6 is 0 Å². The van der Waals surface area contributed by atoms with Crippen molar-refractivity contribution in [3.63, 3.8) is 0 Å². The average molecular weight is 246 g/mol. The number of methoxy groups -OCH3 is 1. The van der Waals surface area contributed by atoms with Gasteiger partial charge in [0.25, 0.3) is 0 Å². The molecular weight excluding hydrogens is 224 g/mol. The first kappa shape index (κ1) is 15.6. The van der Waals surface area contributed by atoms with Crippen molar-refractivity contribution in [1.29, 1.82) is 0 Å². The van der Waals surface area contributed by atoms with E-state index in [2.05, 4.69) is 15.4 Å². The Morgan fingerprint density at radius 1 is 1.12 bits per heavy atom. The highest BCUT2D eigenvalue weighted by Crippen LogP contribution is 1.85. The predicted molar refractivity (Wildman–Crippen MR) is 64.6 cm³/mol. The van der Waals surface area contributed by atoms with Gasteiger partial charge >= 0.3 is 5.97 Å². The molecule has 0 rings (SSSR count). The maximum absolute atomic E-state index is 10.8. The molecule has 2 N–H and O–H groups in total. The van der Waals surface area contributed by atoms with Gasteiger partial charge in [-0.25, -0.2) is 0 Å². The van der Waals surface area contributed by atoms with Gasteiger partial charge in [0.2, 0.25) is 9.76 Å². The fourth-order valence-corrected chi connectivity index (χ4v) is 1.63. The molecule has 0 saturated heterocycles. The molecule has 0 aromatic heterocycles. The van der Waals surface area contributed by atoms with Crippen LogP contribution < -0.4 is 10.6 Å². The molecule has 0 saturated carbocycles. The van der Waals surface area contributed by atoms with Crippen LogP contribution in [0.2, 0.25) is 6.04 Å². The van der Waals surface area contributed by atoms with E-state index in [1.54, 1.807) is 7.11 Å². The Morgan fingerprint density at radius 2 is 1.81 bits per heavy atom. The number of ether oxygens (including phenoxy) is 1. The standard InChI is InChI=1S/C10H22N2O3Si/c1-14-10(13)4-6-12-8-7-11-5-3-9-16-15-2/h11-12H,3-9H2,1-2H3. The third-order valence-electron chi connectivity index (χ3n) is 1.99. The lowest BCUT2D eigenvalue weighted by atomic mass is 10.4. The third-order valence-corrected chi connectivity index (χ3v) is 2.84. The first-order chi connectivity index (χ1) is 7.81. The van der Waals surface area contributed by atoms with Crippen molar-refractivity contribution in [3.05, 3.63) is 0 Å². The number of carbonyl (C=O) groups excluding carboxylic acids is 1. The van der Waals surface area contributed by atoms with Gasteiger partial charge in [-0.2, -0.15) is 0 Å². The van der Waals surface area contributed by atoms with E-state index in [0.29, 0.717) is 22.7 Å². The van der Waals surface area contributed by atoms with E-state index < -0.39 is 0 Å². The number of carbonyl (C=O) groups is 1. The molecular formula is C10H22N2O3Si. The summed E-state index contributed by atoms with van der Waals surface area (Å²) in [7, 11) is 3.76. The number of hydrogen-bond donors (Lipinski definition) is 2. The number of esters is 1. The highest BCUT2D eigenvalue weighted by molar-refractivity contribution is 6.26. The van der Waals surface area contributed by atoms with Gasteiger partial charge in [-0.3, -0.25) is 4.79 Å². The molecule has 0 aromatic carbocycles. The van der Waals surface area contributed by atoms with Gasteiger partial charge in [-0.15, -0.1) is 0 Å². The van der Waals surface area contributed by atoms with Gasteiger partial charge in [0, 0.05) is 26.7 Å². The largest absolute Gasteiger partial charge is 0.469 e. The molecule has 0 aliphatic carbocycles. The predicted octanol–water partition coefficient (Wildman–Crippen LogP) is -0.197. The van der Waals surface area contributed by atoms with Gasteiger partial charge in [0.15, 0.2) is 0 Å². The zero-order valence-corrected chi connectivity index (χ0v) is 11.2. The molecule has 0 spiro atoms. The second-order valence-corrected chi connectivity index (χ2v) is 4.48. The number of nitrogens with one attached hydrogen (secondary N) is 2. The van der Waals surface area contributed by atoms with Crippen LogP contribution in [0.1, 0.15) is 12.8 Å². The molecule has 94 valence electrons. The Labute approximate surface area is 100 Å². The van der Waals surface area contributed by atoms with Gasteiger partial charge in [-0.05, 0) is 19.0 Å². The van der Waals surface area contributed by atoms with Crippen LogP contribution in [0.3, 0.4) is 0 Å². The molecule has 16 heavy (non-hydrogen) atoms. The Hall–Kier alpha value is -0.433. The van der Waals surface area contributed by atoms with E-state index in [-0.39, 0.29) is 5.97 Å². The molecule has 0 amide bonds. The molecule has 6 heteroatoms. The van der Waals surface area contributed by atoms with Crippen molar-refractivity contribution >= 4 is 15.7 Å². The van der Waals surface area contributed by atoms with Crippen molar-refractivity contribution in [1.82, 2.24) is 10.6 Å². The smallest absolute Gasteiger partial charge is 0.306 e. The van der Waals surface area contributed by atoms with Gasteiger partial charge in [-0.1, -0.05) is 0 Å². The minimum atomic E-state index is -0.166. The molecule has 0 aliphatic heterocycles. The van der Waals surface area contributed by atoms with Crippen molar-refractivity contribution < 1.29 is 14.0 Å². The summed E-state index contributed by atoms with van der Waals surface area (Å²) >= 11 is 0. The summed E-state index contributed by atoms with van der Waals surface area (Å²) in [5.41, 5.74) is 0. The van der Waals surface area contributed by atoms with Crippen LogP contribution in [0, 0.1) is 0 Å². The maximum Gasteiger partial charge on any atom is 0.306 e. The maximum atomic E-state index is 10.8. The summed E-state index contributed by atoms with van der Waals surface area (Å²) in [5, 5.41) is 6.48. The Bertz CT molecular complexity index is 170. The van der Waals surface area contributed by atoms with E-state index in [9.17, 15) is 4.79 Å². The normalized spacial score (nSPS) is 10.4. The summed E-state index contributed by atoms with van der Waals surface area (Å²) in [4.78, 5) is 10.8. The van der Waals surface area contributed by atoms with Crippen LogP contribution in [0.4, 0.5) is 0 Å². The summed E-state index contributed by atoms with van der Waals surface area (Å²) in [5.74, 6) is -0.166.